The highest BCUT2D eigenvalue weighted by Gasteiger charge is 2.09. The molecule has 0 atom stereocenters. The number of halogens is 2. The van der Waals surface area contributed by atoms with Crippen molar-refractivity contribution in [3.8, 4) is 5.75 Å². The summed E-state index contributed by atoms with van der Waals surface area (Å²) in [4.78, 5) is -0.526. The zero-order valence-corrected chi connectivity index (χ0v) is 11.6. The molecular formula is C15H14Cl2O. The number of hydrogen-bond donors (Lipinski definition) is 0. The Balaban J connectivity index is 2.11. The van der Waals surface area contributed by atoms with E-state index in [0.717, 1.165) is 16.9 Å². The van der Waals surface area contributed by atoms with Crippen molar-refractivity contribution in [2.75, 3.05) is 0 Å². The van der Waals surface area contributed by atoms with Crippen molar-refractivity contribution in [2.45, 2.75) is 18.4 Å². The molecule has 2 aromatic carbocycles. The normalized spacial score (nSPS) is 10.7. The van der Waals surface area contributed by atoms with Gasteiger partial charge in [-0.2, -0.15) is 0 Å². The highest BCUT2D eigenvalue weighted by molar-refractivity contribution is 6.44. The van der Waals surface area contributed by atoms with Crippen LogP contribution in [0.15, 0.2) is 48.5 Å². The van der Waals surface area contributed by atoms with Crippen LogP contribution in [0.5, 0.6) is 5.75 Å². The van der Waals surface area contributed by atoms with Crippen molar-refractivity contribution in [1.29, 1.82) is 0 Å². The summed E-state index contributed by atoms with van der Waals surface area (Å²) in [6.07, 6.45) is 0. The van der Waals surface area contributed by atoms with E-state index in [0.29, 0.717) is 6.61 Å². The molecule has 3 heteroatoms. The van der Waals surface area contributed by atoms with Gasteiger partial charge in [0.15, 0.2) is 0 Å². The van der Waals surface area contributed by atoms with Crippen molar-refractivity contribution in [1.82, 2.24) is 0 Å². The molecule has 0 amide bonds. The Morgan fingerprint density at radius 3 is 2.56 bits per heavy atom. The predicted molar refractivity (Wildman–Crippen MR) is 76.4 cm³/mol. The molecule has 0 spiro atoms. The topological polar surface area (TPSA) is 9.23 Å². The van der Waals surface area contributed by atoms with Gasteiger partial charge >= 0.3 is 0 Å². The Morgan fingerprint density at radius 1 is 1.06 bits per heavy atom. The van der Waals surface area contributed by atoms with E-state index in [4.69, 9.17) is 27.9 Å². The Labute approximate surface area is 117 Å². The number of hydrogen-bond acceptors (Lipinski definition) is 1. The second-order valence-electron chi connectivity index (χ2n) is 4.10. The standard InChI is InChI=1S/C15H14Cl2O/c1-11-5-4-7-13(9-11)18-10-12-6-2-3-8-14(12)15(16)17/h2-9,15H,10H2,1H3. The minimum atomic E-state index is -0.526. The van der Waals surface area contributed by atoms with Gasteiger partial charge in [0, 0.05) is 0 Å². The van der Waals surface area contributed by atoms with E-state index in [2.05, 4.69) is 0 Å². The van der Waals surface area contributed by atoms with Gasteiger partial charge in [0.1, 0.15) is 17.2 Å². The molecule has 0 heterocycles. The van der Waals surface area contributed by atoms with Crippen molar-refractivity contribution in [2.24, 2.45) is 0 Å². The first kappa shape index (κ1) is 13.3. The quantitative estimate of drug-likeness (QED) is 0.712. The van der Waals surface area contributed by atoms with Crippen molar-refractivity contribution in [3.05, 3.63) is 65.2 Å². The van der Waals surface area contributed by atoms with Crippen LogP contribution in [0.1, 0.15) is 21.5 Å². The lowest BCUT2D eigenvalue weighted by Crippen LogP contribution is -2.00. The lowest BCUT2D eigenvalue weighted by atomic mass is 10.1. The van der Waals surface area contributed by atoms with E-state index in [9.17, 15) is 0 Å². The van der Waals surface area contributed by atoms with Crippen LogP contribution in [0, 0.1) is 6.92 Å². The number of alkyl halides is 2. The maximum Gasteiger partial charge on any atom is 0.133 e. The molecule has 1 nitrogen and oxygen atoms in total. The first-order chi connectivity index (χ1) is 8.66. The minimum Gasteiger partial charge on any atom is -0.489 e. The Kier molecular flexibility index (Phi) is 4.51. The minimum absolute atomic E-state index is 0.468. The second kappa shape index (κ2) is 6.12. The summed E-state index contributed by atoms with van der Waals surface area (Å²) in [7, 11) is 0. The molecule has 0 aromatic heterocycles. The van der Waals surface area contributed by atoms with Crippen LogP contribution >= 0.6 is 23.2 Å². The number of ether oxygens (including phenoxy) is 1. The maximum atomic E-state index is 5.93. The Bertz CT molecular complexity index is 523. The molecule has 18 heavy (non-hydrogen) atoms. The molecular weight excluding hydrogens is 267 g/mol. The fraction of sp³-hybridized carbons (Fsp3) is 0.200. The first-order valence-corrected chi connectivity index (χ1v) is 6.59. The zero-order valence-electron chi connectivity index (χ0n) is 10.1. The van der Waals surface area contributed by atoms with Crippen molar-refractivity contribution < 1.29 is 4.74 Å². The SMILES string of the molecule is Cc1cccc(OCc2ccccc2C(Cl)Cl)c1. The molecule has 0 radical (unpaired) electrons. The second-order valence-corrected chi connectivity index (χ2v) is 5.20. The van der Waals surface area contributed by atoms with E-state index in [1.807, 2.05) is 55.5 Å². The summed E-state index contributed by atoms with van der Waals surface area (Å²) in [6, 6.07) is 15.7. The number of rotatable bonds is 4. The van der Waals surface area contributed by atoms with Gasteiger partial charge in [-0.3, -0.25) is 0 Å². The molecule has 2 aromatic rings. The lowest BCUT2D eigenvalue weighted by Gasteiger charge is -2.11. The van der Waals surface area contributed by atoms with Crippen LogP contribution < -0.4 is 4.74 Å². The van der Waals surface area contributed by atoms with Gasteiger partial charge in [0.25, 0.3) is 0 Å². The number of aryl methyl sites for hydroxylation is 1. The highest BCUT2D eigenvalue weighted by atomic mass is 35.5. The Hall–Kier alpha value is -1.18. The average Bonchev–Trinajstić information content (AvgIpc) is 2.37. The molecule has 0 saturated carbocycles. The fourth-order valence-corrected chi connectivity index (χ4v) is 2.17. The molecule has 0 fully saturated rings. The van der Waals surface area contributed by atoms with Gasteiger partial charge in [0.05, 0.1) is 0 Å². The molecule has 0 N–H and O–H groups in total. The zero-order chi connectivity index (χ0) is 13.0. The lowest BCUT2D eigenvalue weighted by molar-refractivity contribution is 0.305. The maximum absolute atomic E-state index is 5.93. The van der Waals surface area contributed by atoms with Crippen molar-refractivity contribution in [3.63, 3.8) is 0 Å². The molecule has 0 aliphatic heterocycles. The number of benzene rings is 2. The molecule has 0 bridgehead atoms. The third-order valence-corrected chi connectivity index (χ3v) is 3.14. The highest BCUT2D eigenvalue weighted by Crippen LogP contribution is 2.28. The predicted octanol–water partition coefficient (Wildman–Crippen LogP) is 5.05. The van der Waals surface area contributed by atoms with Crippen LogP contribution in [0.4, 0.5) is 0 Å². The van der Waals surface area contributed by atoms with Crippen LogP contribution in [0.25, 0.3) is 0 Å². The van der Waals surface area contributed by atoms with Crippen molar-refractivity contribution >= 4 is 23.2 Å². The molecule has 0 aliphatic carbocycles. The van der Waals surface area contributed by atoms with Gasteiger partial charge in [0.2, 0.25) is 0 Å². The summed E-state index contributed by atoms with van der Waals surface area (Å²) >= 11 is 11.9. The van der Waals surface area contributed by atoms with Gasteiger partial charge < -0.3 is 4.74 Å². The van der Waals surface area contributed by atoms with E-state index in [-0.39, 0.29) is 0 Å². The molecule has 2 rings (SSSR count). The van der Waals surface area contributed by atoms with Crippen LogP contribution in [0.3, 0.4) is 0 Å². The molecule has 0 aliphatic rings. The van der Waals surface area contributed by atoms with E-state index in [1.165, 1.54) is 5.56 Å². The summed E-state index contributed by atoms with van der Waals surface area (Å²) in [6.45, 7) is 2.50. The third-order valence-electron chi connectivity index (χ3n) is 2.67. The summed E-state index contributed by atoms with van der Waals surface area (Å²) in [5.74, 6) is 0.852. The van der Waals surface area contributed by atoms with E-state index in [1.54, 1.807) is 0 Å². The molecule has 0 saturated heterocycles. The smallest absolute Gasteiger partial charge is 0.133 e. The van der Waals surface area contributed by atoms with Gasteiger partial charge in [-0.15, -0.1) is 23.2 Å². The van der Waals surface area contributed by atoms with Crippen LogP contribution in [-0.4, -0.2) is 0 Å². The monoisotopic (exact) mass is 280 g/mol. The van der Waals surface area contributed by atoms with Gasteiger partial charge in [-0.25, -0.2) is 0 Å². The van der Waals surface area contributed by atoms with E-state index < -0.39 is 4.84 Å². The van der Waals surface area contributed by atoms with E-state index >= 15 is 0 Å². The molecule has 0 unspecified atom stereocenters. The van der Waals surface area contributed by atoms with Gasteiger partial charge in [-0.1, -0.05) is 36.4 Å². The van der Waals surface area contributed by atoms with Crippen LogP contribution in [0.2, 0.25) is 0 Å². The Morgan fingerprint density at radius 2 is 1.83 bits per heavy atom. The average molecular weight is 281 g/mol. The molecule has 94 valence electrons. The first-order valence-electron chi connectivity index (χ1n) is 5.72. The summed E-state index contributed by atoms with van der Waals surface area (Å²) in [5, 5.41) is 0. The van der Waals surface area contributed by atoms with Crippen LogP contribution in [-0.2, 0) is 6.61 Å². The van der Waals surface area contributed by atoms with Gasteiger partial charge in [-0.05, 0) is 35.7 Å². The summed E-state index contributed by atoms with van der Waals surface area (Å²) < 4.78 is 5.75. The summed E-state index contributed by atoms with van der Waals surface area (Å²) in [5.41, 5.74) is 3.08. The largest absolute Gasteiger partial charge is 0.489 e. The third kappa shape index (κ3) is 3.41. The fourth-order valence-electron chi connectivity index (χ4n) is 1.74.